The second-order valence-corrected chi connectivity index (χ2v) is 4.33. The summed E-state index contributed by atoms with van der Waals surface area (Å²) < 4.78 is 18.1. The molecule has 0 heterocycles. The monoisotopic (exact) mass is 249 g/mol. The molecule has 0 radical (unpaired) electrons. The lowest BCUT2D eigenvalue weighted by Crippen LogP contribution is -2.25. The highest BCUT2D eigenvalue weighted by Gasteiger charge is 2.13. The number of methoxy groups -OCH3 is 1. The average molecular weight is 249 g/mol. The first-order valence-electron chi connectivity index (χ1n) is 5.96. The number of rotatable bonds is 4. The Labute approximate surface area is 106 Å². The molecule has 2 rings (SSSR count). The molecule has 0 unspecified atom stereocenters. The van der Waals surface area contributed by atoms with Gasteiger partial charge in [-0.25, -0.2) is 9.18 Å². The van der Waals surface area contributed by atoms with E-state index in [1.807, 2.05) is 0 Å². The number of hydrogen-bond donors (Lipinski definition) is 1. The standard InChI is InChI=1S/C14H16FNO2/c1-18-14(17)12-7-6-10(8-13(12)15)9-16-11-4-2-3-5-11/h2-3,6-8,11,16H,4-5,9H2,1H3. The van der Waals surface area contributed by atoms with Crippen molar-refractivity contribution in [1.82, 2.24) is 5.32 Å². The maximum absolute atomic E-state index is 13.6. The van der Waals surface area contributed by atoms with Crippen molar-refractivity contribution in [3.63, 3.8) is 0 Å². The normalized spacial score (nSPS) is 15.0. The predicted molar refractivity (Wildman–Crippen MR) is 66.7 cm³/mol. The van der Waals surface area contributed by atoms with Gasteiger partial charge in [-0.2, -0.15) is 0 Å². The van der Waals surface area contributed by atoms with E-state index in [9.17, 15) is 9.18 Å². The molecule has 18 heavy (non-hydrogen) atoms. The molecule has 4 heteroatoms. The molecule has 0 atom stereocenters. The van der Waals surface area contributed by atoms with Gasteiger partial charge in [0.15, 0.2) is 0 Å². The first kappa shape index (κ1) is 12.8. The van der Waals surface area contributed by atoms with Crippen LogP contribution in [0.25, 0.3) is 0 Å². The zero-order valence-electron chi connectivity index (χ0n) is 10.3. The summed E-state index contributed by atoms with van der Waals surface area (Å²) >= 11 is 0. The topological polar surface area (TPSA) is 38.3 Å². The Morgan fingerprint density at radius 2 is 2.17 bits per heavy atom. The number of esters is 1. The molecule has 1 aliphatic carbocycles. The molecular weight excluding hydrogens is 233 g/mol. The largest absolute Gasteiger partial charge is 0.465 e. The van der Waals surface area contributed by atoms with E-state index in [0.717, 1.165) is 18.4 Å². The van der Waals surface area contributed by atoms with Gasteiger partial charge in [0.1, 0.15) is 5.82 Å². The van der Waals surface area contributed by atoms with Gasteiger partial charge >= 0.3 is 5.97 Å². The van der Waals surface area contributed by atoms with Gasteiger partial charge in [0.05, 0.1) is 12.7 Å². The van der Waals surface area contributed by atoms with Crippen LogP contribution in [0.1, 0.15) is 28.8 Å². The van der Waals surface area contributed by atoms with Crippen LogP contribution in [0, 0.1) is 5.82 Å². The van der Waals surface area contributed by atoms with Crippen molar-refractivity contribution in [1.29, 1.82) is 0 Å². The fraction of sp³-hybridized carbons (Fsp3) is 0.357. The second-order valence-electron chi connectivity index (χ2n) is 4.33. The number of nitrogens with one attached hydrogen (secondary N) is 1. The van der Waals surface area contributed by atoms with Gasteiger partial charge in [-0.05, 0) is 30.5 Å². The third-order valence-electron chi connectivity index (χ3n) is 3.04. The third kappa shape index (κ3) is 2.96. The Hall–Kier alpha value is -1.68. The zero-order valence-corrected chi connectivity index (χ0v) is 10.3. The van der Waals surface area contributed by atoms with Crippen molar-refractivity contribution in [3.05, 3.63) is 47.3 Å². The highest BCUT2D eigenvalue weighted by molar-refractivity contribution is 5.89. The molecule has 3 nitrogen and oxygen atoms in total. The van der Waals surface area contributed by atoms with E-state index in [1.54, 1.807) is 6.07 Å². The zero-order chi connectivity index (χ0) is 13.0. The first-order chi connectivity index (χ1) is 8.70. The molecule has 0 aromatic heterocycles. The average Bonchev–Trinajstić information content (AvgIpc) is 2.88. The molecule has 1 aromatic carbocycles. The van der Waals surface area contributed by atoms with E-state index < -0.39 is 11.8 Å². The van der Waals surface area contributed by atoms with E-state index in [-0.39, 0.29) is 5.56 Å². The molecule has 0 amide bonds. The quantitative estimate of drug-likeness (QED) is 0.658. The number of hydrogen-bond acceptors (Lipinski definition) is 3. The summed E-state index contributed by atoms with van der Waals surface area (Å²) in [5.41, 5.74) is 0.802. The van der Waals surface area contributed by atoms with E-state index in [0.29, 0.717) is 12.6 Å². The third-order valence-corrected chi connectivity index (χ3v) is 3.04. The van der Waals surface area contributed by atoms with Gasteiger partial charge in [0.2, 0.25) is 0 Å². The lowest BCUT2D eigenvalue weighted by molar-refractivity contribution is 0.0595. The van der Waals surface area contributed by atoms with Crippen molar-refractivity contribution in [2.24, 2.45) is 0 Å². The van der Waals surface area contributed by atoms with Gasteiger partial charge in [0.25, 0.3) is 0 Å². The number of benzene rings is 1. The minimum Gasteiger partial charge on any atom is -0.465 e. The summed E-state index contributed by atoms with van der Waals surface area (Å²) in [6, 6.07) is 5.02. The molecule has 96 valence electrons. The fourth-order valence-corrected chi connectivity index (χ4v) is 1.99. The minimum atomic E-state index is -0.646. The Morgan fingerprint density at radius 3 is 2.78 bits per heavy atom. The summed E-state index contributed by atoms with van der Waals surface area (Å²) in [6.45, 7) is 0.602. The molecule has 0 saturated heterocycles. The smallest absolute Gasteiger partial charge is 0.340 e. The predicted octanol–water partition coefficient (Wildman–Crippen LogP) is 2.42. The molecule has 1 aliphatic rings. The number of ether oxygens (including phenoxy) is 1. The lowest BCUT2D eigenvalue weighted by Gasteiger charge is -2.12. The van der Waals surface area contributed by atoms with E-state index in [1.165, 1.54) is 19.2 Å². The summed E-state index contributed by atoms with van der Waals surface area (Å²) in [6.07, 6.45) is 6.31. The van der Waals surface area contributed by atoms with Gasteiger partial charge in [0, 0.05) is 12.6 Å². The molecule has 1 aromatic rings. The Bertz CT molecular complexity index is 463. The molecule has 0 fully saturated rings. The Morgan fingerprint density at radius 1 is 1.44 bits per heavy atom. The van der Waals surface area contributed by atoms with E-state index in [2.05, 4.69) is 22.2 Å². The first-order valence-corrected chi connectivity index (χ1v) is 5.96. The highest BCUT2D eigenvalue weighted by atomic mass is 19.1. The Kier molecular flexibility index (Phi) is 4.10. The number of carbonyl (C=O) groups is 1. The van der Waals surface area contributed by atoms with Crippen LogP contribution in [-0.2, 0) is 11.3 Å². The molecule has 0 aliphatic heterocycles. The van der Waals surface area contributed by atoms with E-state index >= 15 is 0 Å². The second kappa shape index (κ2) is 5.78. The SMILES string of the molecule is COC(=O)c1ccc(CNC2CC=CC2)cc1F. The van der Waals surface area contributed by atoms with Crippen LogP contribution in [0.5, 0.6) is 0 Å². The van der Waals surface area contributed by atoms with Crippen LogP contribution < -0.4 is 5.32 Å². The summed E-state index contributed by atoms with van der Waals surface area (Å²) in [4.78, 5) is 11.2. The lowest BCUT2D eigenvalue weighted by atomic mass is 10.1. The van der Waals surface area contributed by atoms with Crippen molar-refractivity contribution in [2.45, 2.75) is 25.4 Å². The van der Waals surface area contributed by atoms with Gasteiger partial charge < -0.3 is 10.1 Å². The maximum atomic E-state index is 13.6. The molecule has 0 saturated carbocycles. The van der Waals surface area contributed by atoms with Crippen LogP contribution in [0.2, 0.25) is 0 Å². The summed E-state index contributed by atoms with van der Waals surface area (Å²) in [5, 5.41) is 3.34. The van der Waals surface area contributed by atoms with Crippen LogP contribution >= 0.6 is 0 Å². The van der Waals surface area contributed by atoms with Gasteiger partial charge in [-0.1, -0.05) is 18.2 Å². The molecule has 0 bridgehead atoms. The molecule has 0 spiro atoms. The van der Waals surface area contributed by atoms with Crippen LogP contribution in [0.3, 0.4) is 0 Å². The maximum Gasteiger partial charge on any atom is 0.340 e. The summed E-state index contributed by atoms with van der Waals surface area (Å²) in [5.74, 6) is -1.18. The van der Waals surface area contributed by atoms with Crippen LogP contribution in [0.15, 0.2) is 30.4 Å². The van der Waals surface area contributed by atoms with E-state index in [4.69, 9.17) is 0 Å². The van der Waals surface area contributed by atoms with Crippen LogP contribution in [-0.4, -0.2) is 19.1 Å². The van der Waals surface area contributed by atoms with Crippen molar-refractivity contribution < 1.29 is 13.9 Å². The van der Waals surface area contributed by atoms with Gasteiger partial charge in [-0.3, -0.25) is 0 Å². The summed E-state index contributed by atoms with van der Waals surface area (Å²) in [7, 11) is 1.24. The minimum absolute atomic E-state index is 0.0243. The van der Waals surface area contributed by atoms with Crippen molar-refractivity contribution in [2.75, 3.05) is 7.11 Å². The Balaban J connectivity index is 1.97. The van der Waals surface area contributed by atoms with Crippen molar-refractivity contribution >= 4 is 5.97 Å². The van der Waals surface area contributed by atoms with Gasteiger partial charge in [-0.15, -0.1) is 0 Å². The van der Waals surface area contributed by atoms with Crippen LogP contribution in [0.4, 0.5) is 4.39 Å². The molecule has 1 N–H and O–H groups in total. The number of halogens is 1. The highest BCUT2D eigenvalue weighted by Crippen LogP contribution is 2.14. The molecular formula is C14H16FNO2. The fourth-order valence-electron chi connectivity index (χ4n) is 1.99. The van der Waals surface area contributed by atoms with Crippen molar-refractivity contribution in [3.8, 4) is 0 Å². The number of carbonyl (C=O) groups excluding carboxylic acids is 1.